The normalized spacial score (nSPS) is 11.6. The molecule has 4 heterocycles. The zero-order chi connectivity index (χ0) is 37.0. The van der Waals surface area contributed by atoms with Crippen molar-refractivity contribution in [2.45, 2.75) is 0 Å². The molecule has 11 aromatic rings. The van der Waals surface area contributed by atoms with Crippen LogP contribution >= 0.6 is 0 Å². The Labute approximate surface area is 321 Å². The first-order valence-electron chi connectivity index (χ1n) is 18.5. The third-order valence-electron chi connectivity index (χ3n) is 10.4. The number of rotatable bonds is 6. The number of hydrogen-bond donors (Lipinski definition) is 0. The van der Waals surface area contributed by atoms with Crippen molar-refractivity contribution in [1.29, 1.82) is 0 Å². The second-order valence-electron chi connectivity index (χ2n) is 13.8. The molecule has 0 fully saturated rings. The summed E-state index contributed by atoms with van der Waals surface area (Å²) in [5, 5.41) is 3.85. The highest BCUT2D eigenvalue weighted by atomic mass is 16.3. The molecule has 0 atom stereocenters. The predicted molar refractivity (Wildman–Crippen MR) is 225 cm³/mol. The van der Waals surface area contributed by atoms with Gasteiger partial charge in [-0.3, -0.25) is 0 Å². The Bertz CT molecular complexity index is 3240. The minimum atomic E-state index is 0.574. The maximum Gasteiger partial charge on any atom is 0.231 e. The fraction of sp³-hybridized carbons (Fsp3) is 0. The molecule has 6 heteroatoms. The molecule has 0 saturated carbocycles. The van der Waals surface area contributed by atoms with Crippen molar-refractivity contribution in [1.82, 2.24) is 19.9 Å². The van der Waals surface area contributed by atoms with Crippen molar-refractivity contribution in [3.63, 3.8) is 0 Å². The average molecular weight is 719 g/mol. The molecule has 0 saturated heterocycles. The summed E-state index contributed by atoms with van der Waals surface area (Å²) in [6.45, 7) is 0. The molecule has 0 aliphatic rings. The van der Waals surface area contributed by atoms with Crippen molar-refractivity contribution < 1.29 is 8.83 Å². The van der Waals surface area contributed by atoms with Crippen LogP contribution in [-0.4, -0.2) is 19.9 Å². The highest BCUT2D eigenvalue weighted by molar-refractivity contribution is 6.11. The summed E-state index contributed by atoms with van der Waals surface area (Å²) in [7, 11) is 0. The summed E-state index contributed by atoms with van der Waals surface area (Å²) in [5.74, 6) is 1.23. The van der Waals surface area contributed by atoms with E-state index in [1.165, 1.54) is 0 Å². The van der Waals surface area contributed by atoms with Crippen LogP contribution in [0.15, 0.2) is 191 Å². The third kappa shape index (κ3) is 5.43. The lowest BCUT2D eigenvalue weighted by Gasteiger charge is -2.10. The predicted octanol–water partition coefficient (Wildman–Crippen LogP) is 13.1. The largest absolute Gasteiger partial charge is 0.438 e. The van der Waals surface area contributed by atoms with Gasteiger partial charge in [0.1, 0.15) is 11.2 Å². The summed E-state index contributed by atoms with van der Waals surface area (Å²) >= 11 is 0. The lowest BCUT2D eigenvalue weighted by molar-refractivity contribution is 0.653. The molecule has 7 aromatic carbocycles. The number of para-hydroxylation sites is 2. The van der Waals surface area contributed by atoms with Crippen LogP contribution in [0.25, 0.3) is 112 Å². The van der Waals surface area contributed by atoms with Crippen LogP contribution in [0.4, 0.5) is 0 Å². The number of fused-ring (bicyclic) bond motifs is 6. The van der Waals surface area contributed by atoms with E-state index in [2.05, 4.69) is 109 Å². The van der Waals surface area contributed by atoms with E-state index >= 15 is 0 Å². The standard InChI is InChI=1S/C50H30N4O2/c1-3-13-32(14-4-1)45-43-39-21-7-9-23-41(39)55-49(43)53-47(51-45)34-27-25-31(26-28-34)35-17-11-18-36(29-35)37-19-12-20-38(30-37)48-52-46(33-15-5-2-6-16-33)44-40-22-8-10-24-42(40)56-50(44)54-48/h1-30H. The Kier molecular flexibility index (Phi) is 7.38. The van der Waals surface area contributed by atoms with Gasteiger partial charge in [0.2, 0.25) is 11.4 Å². The van der Waals surface area contributed by atoms with Gasteiger partial charge in [-0.1, -0.05) is 158 Å². The van der Waals surface area contributed by atoms with E-state index in [-0.39, 0.29) is 0 Å². The minimum Gasteiger partial charge on any atom is -0.438 e. The van der Waals surface area contributed by atoms with E-state index in [1.807, 2.05) is 72.8 Å². The van der Waals surface area contributed by atoms with E-state index in [1.54, 1.807) is 0 Å². The maximum absolute atomic E-state index is 6.29. The first-order valence-corrected chi connectivity index (χ1v) is 18.5. The second-order valence-corrected chi connectivity index (χ2v) is 13.8. The quantitative estimate of drug-likeness (QED) is 0.170. The molecule has 4 aromatic heterocycles. The highest BCUT2D eigenvalue weighted by Crippen LogP contribution is 2.39. The topological polar surface area (TPSA) is 77.8 Å². The summed E-state index contributed by atoms with van der Waals surface area (Å²) < 4.78 is 12.5. The lowest BCUT2D eigenvalue weighted by Crippen LogP contribution is -1.94. The van der Waals surface area contributed by atoms with Gasteiger partial charge in [-0.25, -0.2) is 9.97 Å². The monoisotopic (exact) mass is 718 g/mol. The van der Waals surface area contributed by atoms with Crippen LogP contribution < -0.4 is 0 Å². The van der Waals surface area contributed by atoms with Gasteiger partial charge in [-0.05, 0) is 46.5 Å². The van der Waals surface area contributed by atoms with E-state index in [0.717, 1.165) is 88.6 Å². The van der Waals surface area contributed by atoms with Crippen LogP contribution in [0.1, 0.15) is 0 Å². The number of aromatic nitrogens is 4. The number of nitrogens with zero attached hydrogens (tertiary/aromatic N) is 4. The molecule has 11 rings (SSSR count). The van der Waals surface area contributed by atoms with E-state index in [0.29, 0.717) is 23.1 Å². The molecular formula is C50H30N4O2. The van der Waals surface area contributed by atoms with E-state index in [9.17, 15) is 0 Å². The summed E-state index contributed by atoms with van der Waals surface area (Å²) in [6.07, 6.45) is 0. The first kappa shape index (κ1) is 31.8. The second kappa shape index (κ2) is 13.0. The van der Waals surface area contributed by atoms with Gasteiger partial charge >= 0.3 is 0 Å². The molecule has 0 amide bonds. The maximum atomic E-state index is 6.29. The van der Waals surface area contributed by atoms with Gasteiger partial charge in [-0.15, -0.1) is 0 Å². The van der Waals surface area contributed by atoms with Crippen LogP contribution in [0.5, 0.6) is 0 Å². The number of benzene rings is 7. The Morgan fingerprint density at radius 2 is 0.679 bits per heavy atom. The molecular weight excluding hydrogens is 689 g/mol. The van der Waals surface area contributed by atoms with Gasteiger partial charge in [0, 0.05) is 33.0 Å². The lowest BCUT2D eigenvalue weighted by atomic mass is 9.97. The van der Waals surface area contributed by atoms with Crippen LogP contribution in [-0.2, 0) is 0 Å². The van der Waals surface area contributed by atoms with Gasteiger partial charge in [-0.2, -0.15) is 9.97 Å². The van der Waals surface area contributed by atoms with Crippen molar-refractivity contribution in [3.8, 4) is 67.5 Å². The van der Waals surface area contributed by atoms with Crippen LogP contribution in [0.3, 0.4) is 0 Å². The third-order valence-corrected chi connectivity index (χ3v) is 10.4. The molecule has 0 N–H and O–H groups in total. The summed E-state index contributed by atoms with van der Waals surface area (Å²) in [4.78, 5) is 20.1. The molecule has 0 radical (unpaired) electrons. The first-order chi connectivity index (χ1) is 27.7. The smallest absolute Gasteiger partial charge is 0.231 e. The average Bonchev–Trinajstić information content (AvgIpc) is 3.85. The molecule has 0 aliphatic carbocycles. The zero-order valence-electron chi connectivity index (χ0n) is 29.9. The highest BCUT2D eigenvalue weighted by Gasteiger charge is 2.20. The fourth-order valence-electron chi connectivity index (χ4n) is 7.64. The van der Waals surface area contributed by atoms with Gasteiger partial charge < -0.3 is 8.83 Å². The fourth-order valence-corrected chi connectivity index (χ4v) is 7.64. The van der Waals surface area contributed by atoms with Crippen LogP contribution in [0.2, 0.25) is 0 Å². The summed E-state index contributed by atoms with van der Waals surface area (Å²) in [6, 6.07) is 61.9. The van der Waals surface area contributed by atoms with E-state index < -0.39 is 0 Å². The van der Waals surface area contributed by atoms with Crippen LogP contribution in [0, 0.1) is 0 Å². The Balaban J connectivity index is 0.947. The molecule has 0 aliphatic heterocycles. The summed E-state index contributed by atoms with van der Waals surface area (Å²) in [5.41, 5.74) is 12.6. The molecule has 0 unspecified atom stereocenters. The van der Waals surface area contributed by atoms with Crippen molar-refractivity contribution in [3.05, 3.63) is 182 Å². The molecule has 0 bridgehead atoms. The van der Waals surface area contributed by atoms with Gasteiger partial charge in [0.15, 0.2) is 11.6 Å². The Morgan fingerprint density at radius 3 is 1.21 bits per heavy atom. The van der Waals surface area contributed by atoms with Gasteiger partial charge in [0.05, 0.1) is 22.2 Å². The number of furan rings is 2. The Morgan fingerprint density at radius 1 is 0.286 bits per heavy atom. The molecule has 6 nitrogen and oxygen atoms in total. The molecule has 56 heavy (non-hydrogen) atoms. The molecule has 262 valence electrons. The molecule has 0 spiro atoms. The number of hydrogen-bond acceptors (Lipinski definition) is 6. The Hall–Kier alpha value is -7.70. The van der Waals surface area contributed by atoms with Gasteiger partial charge in [0.25, 0.3) is 0 Å². The zero-order valence-corrected chi connectivity index (χ0v) is 29.9. The van der Waals surface area contributed by atoms with Crippen molar-refractivity contribution in [2.24, 2.45) is 0 Å². The van der Waals surface area contributed by atoms with Crippen molar-refractivity contribution in [2.75, 3.05) is 0 Å². The van der Waals surface area contributed by atoms with E-state index in [4.69, 9.17) is 28.8 Å². The SMILES string of the molecule is c1ccc(-c2nc(-c3ccc(-c4cccc(-c5cccc(-c6nc(-c7ccccc7)c7c(n6)oc6ccccc67)c5)c4)cc3)nc3oc4ccccc4c23)cc1. The van der Waals surface area contributed by atoms with Crippen molar-refractivity contribution >= 4 is 44.1 Å². The minimum absolute atomic E-state index is 0.574.